The van der Waals surface area contributed by atoms with Gasteiger partial charge in [0.1, 0.15) is 0 Å². The van der Waals surface area contributed by atoms with E-state index in [1.165, 1.54) is 63.9 Å². The van der Waals surface area contributed by atoms with Gasteiger partial charge in [0.2, 0.25) is 0 Å². The van der Waals surface area contributed by atoms with Gasteiger partial charge in [0, 0.05) is 30.6 Å². The molecule has 1 atom stereocenters. The van der Waals surface area contributed by atoms with E-state index in [-0.39, 0.29) is 0 Å². The third-order valence-electron chi connectivity index (χ3n) is 4.49. The number of thioether (sulfide) groups is 1. The number of thiol groups is 1. The number of rotatable bonds is 4. The predicted molar refractivity (Wildman–Crippen MR) is 82.3 cm³/mol. The van der Waals surface area contributed by atoms with Crippen molar-refractivity contribution in [2.45, 2.75) is 50.7 Å². The monoisotopic (exact) mass is 273 g/mol. The van der Waals surface area contributed by atoms with Crippen molar-refractivity contribution in [3.63, 3.8) is 0 Å². The van der Waals surface area contributed by atoms with Gasteiger partial charge in [0.25, 0.3) is 0 Å². The molecule has 0 spiro atoms. The molecule has 0 aromatic heterocycles. The largest absolute Gasteiger partial charge is 0.301 e. The van der Waals surface area contributed by atoms with E-state index in [9.17, 15) is 0 Å². The Hall–Kier alpha value is 0.660. The van der Waals surface area contributed by atoms with Gasteiger partial charge in [-0.3, -0.25) is 0 Å². The average molecular weight is 274 g/mol. The van der Waals surface area contributed by atoms with Gasteiger partial charge in [-0.1, -0.05) is 26.2 Å². The molecular weight excluding hydrogens is 246 g/mol. The summed E-state index contributed by atoms with van der Waals surface area (Å²) in [6.07, 6.45) is 8.46. The average Bonchev–Trinajstić information content (AvgIpc) is 2.40. The fourth-order valence-electron chi connectivity index (χ4n) is 3.31. The van der Waals surface area contributed by atoms with Crippen molar-refractivity contribution in [2.75, 3.05) is 31.1 Å². The first-order valence-corrected chi connectivity index (χ1v) is 8.91. The molecular formula is C14H27NS2. The van der Waals surface area contributed by atoms with Gasteiger partial charge in [-0.2, -0.15) is 24.4 Å². The molecule has 0 aromatic rings. The second kappa shape index (κ2) is 6.72. The van der Waals surface area contributed by atoms with E-state index in [1.54, 1.807) is 0 Å². The van der Waals surface area contributed by atoms with Crippen LogP contribution in [0.2, 0.25) is 0 Å². The first-order chi connectivity index (χ1) is 8.28. The van der Waals surface area contributed by atoms with Gasteiger partial charge in [-0.05, 0) is 30.4 Å². The molecule has 17 heavy (non-hydrogen) atoms. The topological polar surface area (TPSA) is 3.24 Å². The summed E-state index contributed by atoms with van der Waals surface area (Å²) in [6, 6.07) is 0. The Morgan fingerprint density at radius 2 is 2.06 bits per heavy atom. The normalized spacial score (nSPS) is 30.4. The van der Waals surface area contributed by atoms with Crippen molar-refractivity contribution < 1.29 is 0 Å². The minimum Gasteiger partial charge on any atom is -0.301 e. The highest BCUT2D eigenvalue weighted by atomic mass is 32.2. The Morgan fingerprint density at radius 3 is 2.71 bits per heavy atom. The van der Waals surface area contributed by atoms with E-state index >= 15 is 0 Å². The Labute approximate surface area is 117 Å². The zero-order valence-corrected chi connectivity index (χ0v) is 12.9. The SMILES string of the molecule is CCC1CN(CC2(CS)CCCCC2)CCS1. The lowest BCUT2D eigenvalue weighted by molar-refractivity contribution is 0.128. The van der Waals surface area contributed by atoms with Gasteiger partial charge in [0.05, 0.1) is 0 Å². The summed E-state index contributed by atoms with van der Waals surface area (Å²) in [5, 5.41) is 0.879. The van der Waals surface area contributed by atoms with E-state index < -0.39 is 0 Å². The van der Waals surface area contributed by atoms with Crippen molar-refractivity contribution in [1.29, 1.82) is 0 Å². The molecule has 1 aliphatic carbocycles. The first kappa shape index (κ1) is 14.1. The predicted octanol–water partition coefficient (Wildman–Crippen LogP) is 3.69. The lowest BCUT2D eigenvalue weighted by Gasteiger charge is -2.42. The molecule has 100 valence electrons. The molecule has 0 bridgehead atoms. The molecule has 0 aromatic carbocycles. The molecule has 1 unspecified atom stereocenters. The molecule has 2 rings (SSSR count). The second-order valence-corrected chi connectivity index (χ2v) is 7.58. The Balaban J connectivity index is 1.88. The van der Waals surface area contributed by atoms with Gasteiger partial charge >= 0.3 is 0 Å². The van der Waals surface area contributed by atoms with Crippen LogP contribution in [-0.2, 0) is 0 Å². The van der Waals surface area contributed by atoms with Crippen LogP contribution in [0.25, 0.3) is 0 Å². The Bertz CT molecular complexity index is 226. The maximum Gasteiger partial charge on any atom is 0.0172 e. The summed E-state index contributed by atoms with van der Waals surface area (Å²) in [5.41, 5.74) is 0.543. The van der Waals surface area contributed by atoms with Crippen molar-refractivity contribution in [1.82, 2.24) is 4.90 Å². The fraction of sp³-hybridized carbons (Fsp3) is 1.00. The maximum atomic E-state index is 4.66. The summed E-state index contributed by atoms with van der Waals surface area (Å²) in [7, 11) is 0. The Morgan fingerprint density at radius 1 is 1.29 bits per heavy atom. The zero-order chi connectivity index (χ0) is 12.1. The van der Waals surface area contributed by atoms with E-state index in [0.717, 1.165) is 11.0 Å². The van der Waals surface area contributed by atoms with Crippen molar-refractivity contribution >= 4 is 24.4 Å². The minimum absolute atomic E-state index is 0.543. The molecule has 0 amide bonds. The highest BCUT2D eigenvalue weighted by Crippen LogP contribution is 2.38. The van der Waals surface area contributed by atoms with Crippen LogP contribution in [0.3, 0.4) is 0 Å². The summed E-state index contributed by atoms with van der Waals surface area (Å²) in [4.78, 5) is 2.73. The molecule has 3 heteroatoms. The molecule has 1 saturated carbocycles. The second-order valence-electron chi connectivity index (χ2n) is 5.85. The number of nitrogens with zero attached hydrogens (tertiary/aromatic N) is 1. The third-order valence-corrected chi connectivity index (χ3v) is 6.53. The Kier molecular flexibility index (Phi) is 5.56. The lowest BCUT2D eigenvalue weighted by Crippen LogP contribution is -2.46. The molecule has 1 nitrogen and oxygen atoms in total. The van der Waals surface area contributed by atoms with Crippen LogP contribution in [-0.4, -0.2) is 41.3 Å². The van der Waals surface area contributed by atoms with Crippen LogP contribution >= 0.6 is 24.4 Å². The van der Waals surface area contributed by atoms with Crippen molar-refractivity contribution in [3.8, 4) is 0 Å². The summed E-state index contributed by atoms with van der Waals surface area (Å²) in [6.45, 7) is 6.26. The van der Waals surface area contributed by atoms with Gasteiger partial charge in [-0.25, -0.2) is 0 Å². The molecule has 0 radical (unpaired) electrons. The van der Waals surface area contributed by atoms with Gasteiger partial charge in [-0.15, -0.1) is 0 Å². The zero-order valence-electron chi connectivity index (χ0n) is 11.2. The highest BCUT2D eigenvalue weighted by Gasteiger charge is 2.33. The van der Waals surface area contributed by atoms with Crippen LogP contribution in [0.5, 0.6) is 0 Å². The smallest absolute Gasteiger partial charge is 0.0172 e. The maximum absolute atomic E-state index is 4.66. The van der Waals surface area contributed by atoms with E-state index in [0.29, 0.717) is 5.41 Å². The highest BCUT2D eigenvalue weighted by molar-refractivity contribution is 8.00. The first-order valence-electron chi connectivity index (χ1n) is 7.23. The van der Waals surface area contributed by atoms with Crippen LogP contribution in [0.15, 0.2) is 0 Å². The molecule has 1 saturated heterocycles. The van der Waals surface area contributed by atoms with Crippen molar-refractivity contribution in [3.05, 3.63) is 0 Å². The van der Waals surface area contributed by atoms with Crippen LogP contribution in [0.4, 0.5) is 0 Å². The van der Waals surface area contributed by atoms with Gasteiger partial charge in [0.15, 0.2) is 0 Å². The van der Waals surface area contributed by atoms with Crippen LogP contribution in [0.1, 0.15) is 45.4 Å². The van der Waals surface area contributed by atoms with E-state index in [2.05, 4.69) is 36.2 Å². The summed E-state index contributed by atoms with van der Waals surface area (Å²) < 4.78 is 0. The van der Waals surface area contributed by atoms with Crippen LogP contribution < -0.4 is 0 Å². The molecule has 0 N–H and O–H groups in total. The van der Waals surface area contributed by atoms with Crippen molar-refractivity contribution in [2.24, 2.45) is 5.41 Å². The quantitative estimate of drug-likeness (QED) is 0.778. The van der Waals surface area contributed by atoms with Gasteiger partial charge < -0.3 is 4.90 Å². The summed E-state index contributed by atoms with van der Waals surface area (Å²) in [5.74, 6) is 2.43. The third kappa shape index (κ3) is 3.81. The molecule has 2 aliphatic rings. The number of hydrogen-bond acceptors (Lipinski definition) is 3. The fourth-order valence-corrected chi connectivity index (χ4v) is 4.98. The molecule has 1 aliphatic heterocycles. The molecule has 2 fully saturated rings. The van der Waals surface area contributed by atoms with Crippen LogP contribution in [0, 0.1) is 5.41 Å². The molecule has 1 heterocycles. The summed E-state index contributed by atoms with van der Waals surface area (Å²) >= 11 is 6.84. The number of hydrogen-bond donors (Lipinski definition) is 1. The minimum atomic E-state index is 0.543. The standard InChI is InChI=1S/C14H27NS2/c1-2-13-10-15(8-9-17-13)11-14(12-16)6-4-3-5-7-14/h13,16H,2-12H2,1H3. The lowest BCUT2D eigenvalue weighted by atomic mass is 9.75. The van der Waals surface area contributed by atoms with E-state index in [1.807, 2.05) is 0 Å². The van der Waals surface area contributed by atoms with E-state index in [4.69, 9.17) is 0 Å².